The predicted octanol–water partition coefficient (Wildman–Crippen LogP) is 1.64. The molecule has 3 rings (SSSR count). The van der Waals surface area contributed by atoms with Crippen molar-refractivity contribution in [3.8, 4) is 17.0 Å². The van der Waals surface area contributed by atoms with Crippen LogP contribution in [0.3, 0.4) is 0 Å². The van der Waals surface area contributed by atoms with E-state index >= 15 is 4.39 Å². The number of fused-ring (bicyclic) bond motifs is 1. The zero-order valence-electron chi connectivity index (χ0n) is 14.1. The fraction of sp³-hybridized carbons (Fsp3) is 0.294. The van der Waals surface area contributed by atoms with Crippen LogP contribution in [0.5, 0.6) is 5.75 Å². The standard InChI is InChI=1S/C17H14F5N3O3/c18-9-3-1-8(2-4-9)12-13-10(15(19,7-28-13)14(24)26)5-11(25-12)16(27,6-23)17(20,21)22/h1-5,27H,6-7,23H2,(H2,24,26)/t15?,16-/m0/s1. The number of hydrogen-bond acceptors (Lipinski definition) is 5. The Morgan fingerprint density at radius 3 is 2.39 bits per heavy atom. The number of pyridine rings is 1. The molecule has 0 spiro atoms. The second kappa shape index (κ2) is 6.38. The van der Waals surface area contributed by atoms with Crippen LogP contribution in [0.15, 0.2) is 30.3 Å². The van der Waals surface area contributed by atoms with Crippen LogP contribution in [-0.4, -0.2) is 35.3 Å². The topological polar surface area (TPSA) is 111 Å². The van der Waals surface area contributed by atoms with Gasteiger partial charge in [0.25, 0.3) is 11.6 Å². The first-order valence-corrected chi connectivity index (χ1v) is 7.87. The maximum absolute atomic E-state index is 15.1. The first kappa shape index (κ1) is 20.0. The number of aliphatic hydroxyl groups is 1. The van der Waals surface area contributed by atoms with Crippen LogP contribution in [0.2, 0.25) is 0 Å². The van der Waals surface area contributed by atoms with Crippen molar-refractivity contribution in [2.75, 3.05) is 13.2 Å². The first-order chi connectivity index (χ1) is 12.9. The molecule has 0 bridgehead atoms. The van der Waals surface area contributed by atoms with Crippen molar-refractivity contribution in [2.45, 2.75) is 17.4 Å². The normalized spacial score (nSPS) is 21.0. The molecular formula is C17H14F5N3O3. The van der Waals surface area contributed by atoms with Gasteiger partial charge in [0.05, 0.1) is 5.69 Å². The maximum Gasteiger partial charge on any atom is 0.424 e. The molecule has 6 nitrogen and oxygen atoms in total. The predicted molar refractivity (Wildman–Crippen MR) is 86.1 cm³/mol. The van der Waals surface area contributed by atoms with E-state index in [1.54, 1.807) is 0 Å². The number of carbonyl (C=O) groups excluding carboxylic acids is 1. The Labute approximate surface area is 154 Å². The fourth-order valence-corrected chi connectivity index (χ4v) is 2.81. The molecule has 150 valence electrons. The number of amides is 1. The van der Waals surface area contributed by atoms with E-state index in [4.69, 9.17) is 16.2 Å². The van der Waals surface area contributed by atoms with E-state index in [9.17, 15) is 27.5 Å². The molecule has 0 saturated heterocycles. The van der Waals surface area contributed by atoms with Crippen molar-refractivity contribution in [2.24, 2.45) is 11.5 Å². The largest absolute Gasteiger partial charge is 0.487 e. The van der Waals surface area contributed by atoms with Crippen LogP contribution < -0.4 is 16.2 Å². The lowest BCUT2D eigenvalue weighted by atomic mass is 9.90. The van der Waals surface area contributed by atoms with E-state index in [2.05, 4.69) is 4.98 Å². The Hall–Kier alpha value is -2.79. The molecule has 11 heteroatoms. The number of carbonyl (C=O) groups is 1. The molecular weight excluding hydrogens is 389 g/mol. The average Bonchev–Trinajstić information content (AvgIpc) is 2.98. The van der Waals surface area contributed by atoms with Gasteiger partial charge in [-0.3, -0.25) is 4.79 Å². The zero-order chi connectivity index (χ0) is 20.9. The Morgan fingerprint density at radius 2 is 1.89 bits per heavy atom. The third-order valence-electron chi connectivity index (χ3n) is 4.51. The molecule has 2 heterocycles. The van der Waals surface area contributed by atoms with Crippen molar-refractivity contribution < 1.29 is 36.6 Å². The SMILES string of the molecule is NC[C@](O)(c1cc2c(c(-c3ccc(F)cc3)n1)OCC2(F)C(N)=O)C(F)(F)F. The molecule has 1 unspecified atom stereocenters. The smallest absolute Gasteiger partial charge is 0.424 e. The van der Waals surface area contributed by atoms with Crippen LogP contribution in [0.25, 0.3) is 11.3 Å². The number of halogens is 5. The molecule has 0 saturated carbocycles. The summed E-state index contributed by atoms with van der Waals surface area (Å²) >= 11 is 0. The van der Waals surface area contributed by atoms with Crippen LogP contribution in [0.4, 0.5) is 22.0 Å². The summed E-state index contributed by atoms with van der Waals surface area (Å²) in [5.41, 5.74) is 1.69. The highest BCUT2D eigenvalue weighted by Crippen LogP contribution is 2.48. The highest BCUT2D eigenvalue weighted by atomic mass is 19.4. The molecule has 0 radical (unpaired) electrons. The van der Waals surface area contributed by atoms with E-state index in [-0.39, 0.29) is 17.0 Å². The lowest BCUT2D eigenvalue weighted by molar-refractivity contribution is -0.263. The molecule has 1 aliphatic rings. The summed E-state index contributed by atoms with van der Waals surface area (Å²) in [6.45, 7) is -2.20. The van der Waals surface area contributed by atoms with Gasteiger partial charge in [-0.2, -0.15) is 13.2 Å². The van der Waals surface area contributed by atoms with Crippen LogP contribution in [0.1, 0.15) is 11.3 Å². The molecule has 0 fully saturated rings. The van der Waals surface area contributed by atoms with Crippen LogP contribution in [0, 0.1) is 5.82 Å². The molecule has 1 aromatic carbocycles. The molecule has 5 N–H and O–H groups in total. The summed E-state index contributed by atoms with van der Waals surface area (Å²) in [7, 11) is 0. The van der Waals surface area contributed by atoms with Gasteiger partial charge in [0.15, 0.2) is 5.75 Å². The van der Waals surface area contributed by atoms with Gasteiger partial charge in [-0.1, -0.05) is 0 Å². The summed E-state index contributed by atoms with van der Waals surface area (Å²) in [5, 5.41) is 10.1. The minimum absolute atomic E-state index is 0.0646. The van der Waals surface area contributed by atoms with E-state index < -0.39 is 53.6 Å². The molecule has 0 aliphatic carbocycles. The fourth-order valence-electron chi connectivity index (χ4n) is 2.81. The van der Waals surface area contributed by atoms with E-state index in [1.807, 2.05) is 0 Å². The second-order valence-electron chi connectivity index (χ2n) is 6.26. The van der Waals surface area contributed by atoms with Gasteiger partial charge in [0.1, 0.15) is 18.1 Å². The number of ether oxygens (including phenoxy) is 1. The number of primary amides is 1. The van der Waals surface area contributed by atoms with Crippen molar-refractivity contribution in [1.29, 1.82) is 0 Å². The van der Waals surface area contributed by atoms with Crippen molar-refractivity contribution in [3.05, 3.63) is 47.4 Å². The highest BCUT2D eigenvalue weighted by Gasteiger charge is 2.57. The third-order valence-corrected chi connectivity index (χ3v) is 4.51. The first-order valence-electron chi connectivity index (χ1n) is 7.87. The van der Waals surface area contributed by atoms with Gasteiger partial charge >= 0.3 is 6.18 Å². The van der Waals surface area contributed by atoms with Crippen molar-refractivity contribution in [1.82, 2.24) is 4.98 Å². The maximum atomic E-state index is 15.1. The summed E-state index contributed by atoms with van der Waals surface area (Å²) in [5.74, 6) is -2.46. The Kier molecular flexibility index (Phi) is 4.55. The van der Waals surface area contributed by atoms with Gasteiger partial charge in [-0.25, -0.2) is 13.8 Å². The highest BCUT2D eigenvalue weighted by molar-refractivity contribution is 5.88. The van der Waals surface area contributed by atoms with Gasteiger partial charge in [0, 0.05) is 17.7 Å². The van der Waals surface area contributed by atoms with Gasteiger partial charge in [-0.05, 0) is 30.3 Å². The number of nitrogens with zero attached hydrogens (tertiary/aromatic N) is 1. The monoisotopic (exact) mass is 403 g/mol. The minimum Gasteiger partial charge on any atom is -0.487 e. The Bertz CT molecular complexity index is 935. The van der Waals surface area contributed by atoms with E-state index in [0.29, 0.717) is 6.07 Å². The van der Waals surface area contributed by atoms with E-state index in [1.165, 1.54) is 12.1 Å². The van der Waals surface area contributed by atoms with Gasteiger partial charge in [0.2, 0.25) is 5.60 Å². The summed E-state index contributed by atoms with van der Waals surface area (Å²) in [6, 6.07) is 4.90. The molecule has 2 aromatic rings. The van der Waals surface area contributed by atoms with E-state index in [0.717, 1.165) is 12.1 Å². The third kappa shape index (κ3) is 2.87. The lowest BCUT2D eigenvalue weighted by Crippen LogP contribution is -2.49. The van der Waals surface area contributed by atoms with Crippen LogP contribution in [-0.2, 0) is 16.1 Å². The Morgan fingerprint density at radius 1 is 1.29 bits per heavy atom. The lowest BCUT2D eigenvalue weighted by Gasteiger charge is -2.29. The summed E-state index contributed by atoms with van der Waals surface area (Å²) < 4.78 is 73.8. The van der Waals surface area contributed by atoms with Crippen molar-refractivity contribution in [3.63, 3.8) is 0 Å². The molecule has 1 aromatic heterocycles. The van der Waals surface area contributed by atoms with Gasteiger partial charge in [-0.15, -0.1) is 0 Å². The number of nitrogens with two attached hydrogens (primary N) is 2. The quantitative estimate of drug-likeness (QED) is 0.672. The average molecular weight is 403 g/mol. The minimum atomic E-state index is -5.26. The second-order valence-corrected chi connectivity index (χ2v) is 6.26. The number of hydrogen-bond donors (Lipinski definition) is 3. The number of aromatic nitrogens is 1. The molecule has 28 heavy (non-hydrogen) atoms. The zero-order valence-corrected chi connectivity index (χ0v) is 14.1. The molecule has 2 atom stereocenters. The number of rotatable bonds is 4. The van der Waals surface area contributed by atoms with Gasteiger partial charge < -0.3 is 21.3 Å². The number of benzene rings is 1. The molecule has 1 amide bonds. The summed E-state index contributed by atoms with van der Waals surface area (Å²) in [4.78, 5) is 15.4. The number of alkyl halides is 4. The Balaban J connectivity index is 2.34. The van der Waals surface area contributed by atoms with Crippen LogP contribution >= 0.6 is 0 Å². The molecule has 1 aliphatic heterocycles. The van der Waals surface area contributed by atoms with Crippen molar-refractivity contribution >= 4 is 5.91 Å². The summed E-state index contributed by atoms with van der Waals surface area (Å²) in [6.07, 6.45) is -5.26.